The van der Waals surface area contributed by atoms with Crippen molar-refractivity contribution >= 4 is 23.1 Å². The Morgan fingerprint density at radius 1 is 0.833 bits per heavy atom. The summed E-state index contributed by atoms with van der Waals surface area (Å²) in [5.74, 6) is -10.4. The zero-order valence-corrected chi connectivity index (χ0v) is 11.7. The lowest BCUT2D eigenvalue weighted by Crippen LogP contribution is -2.09. The molecule has 0 bridgehead atoms. The number of para-hydroxylation sites is 1. The van der Waals surface area contributed by atoms with Crippen LogP contribution in [0.1, 0.15) is 11.4 Å². The molecule has 0 atom stereocenters. The van der Waals surface area contributed by atoms with Gasteiger partial charge in [0.1, 0.15) is 5.82 Å². The van der Waals surface area contributed by atoms with E-state index in [0.29, 0.717) is 17.0 Å². The molecule has 1 heterocycles. The molecule has 0 amide bonds. The summed E-state index contributed by atoms with van der Waals surface area (Å²) >= 11 is 0. The lowest BCUT2D eigenvalue weighted by atomic mass is 10.1. The van der Waals surface area contributed by atoms with Gasteiger partial charge in [0.2, 0.25) is 5.82 Å². The van der Waals surface area contributed by atoms with Gasteiger partial charge in [-0.3, -0.25) is 4.79 Å². The van der Waals surface area contributed by atoms with E-state index in [9.17, 15) is 26.7 Å². The molecule has 0 saturated carbocycles. The van der Waals surface area contributed by atoms with Crippen molar-refractivity contribution in [3.63, 3.8) is 0 Å². The quantitative estimate of drug-likeness (QED) is 0.439. The number of hydrogen-bond acceptors (Lipinski definition) is 2. The van der Waals surface area contributed by atoms with Crippen LogP contribution in [-0.2, 0) is 0 Å². The molecule has 122 valence electrons. The molecule has 0 spiro atoms. The van der Waals surface area contributed by atoms with E-state index in [0.717, 1.165) is 6.08 Å². The van der Waals surface area contributed by atoms with Gasteiger partial charge >= 0.3 is 0 Å². The summed E-state index contributed by atoms with van der Waals surface area (Å²) in [5, 5.41) is 0.297. The highest BCUT2D eigenvalue weighted by molar-refractivity contribution is 5.79. The van der Waals surface area contributed by atoms with Crippen LogP contribution in [0.15, 0.2) is 29.1 Å². The predicted octanol–water partition coefficient (Wildman–Crippen LogP) is 3.79. The predicted molar refractivity (Wildman–Crippen MR) is 77.5 cm³/mol. The van der Waals surface area contributed by atoms with Crippen molar-refractivity contribution in [2.24, 2.45) is 0 Å². The molecule has 0 unspecified atom stereocenters. The fraction of sp³-hybridized carbons (Fsp3) is 0. The zero-order chi connectivity index (χ0) is 17.4. The Hall–Kier alpha value is -3.03. The molecule has 0 aliphatic carbocycles. The number of rotatable bonds is 2. The van der Waals surface area contributed by atoms with E-state index in [4.69, 9.17) is 0 Å². The van der Waals surface area contributed by atoms with Gasteiger partial charge in [-0.05, 0) is 24.3 Å². The van der Waals surface area contributed by atoms with Crippen LogP contribution in [0.2, 0.25) is 0 Å². The lowest BCUT2D eigenvalue weighted by molar-refractivity contribution is 0.377. The Labute approximate surface area is 131 Å². The molecule has 2 aromatic carbocycles. The molecule has 0 saturated heterocycles. The molecule has 1 N–H and O–H groups in total. The van der Waals surface area contributed by atoms with Gasteiger partial charge in [-0.1, -0.05) is 12.1 Å². The first-order chi connectivity index (χ1) is 11.4. The van der Waals surface area contributed by atoms with E-state index in [-0.39, 0.29) is 5.82 Å². The standard InChI is InChI=1S/C16H7F5N2O/c17-11-8(12(18)14(20)15(21)13(11)19)5-6-10-22-9-4-2-1-3-7(9)16(24)23-10/h1-6H,(H,22,23,24)/b6-5+. The third kappa shape index (κ3) is 2.55. The third-order valence-electron chi connectivity index (χ3n) is 3.28. The van der Waals surface area contributed by atoms with E-state index >= 15 is 0 Å². The maximum Gasteiger partial charge on any atom is 0.259 e. The zero-order valence-electron chi connectivity index (χ0n) is 11.7. The van der Waals surface area contributed by atoms with Crippen molar-refractivity contribution in [2.75, 3.05) is 0 Å². The summed E-state index contributed by atoms with van der Waals surface area (Å²) in [6, 6.07) is 6.33. The Morgan fingerprint density at radius 3 is 2.08 bits per heavy atom. The van der Waals surface area contributed by atoms with E-state index in [1.807, 2.05) is 0 Å². The molecule has 0 aliphatic heterocycles. The number of fused-ring (bicyclic) bond motifs is 1. The van der Waals surface area contributed by atoms with E-state index < -0.39 is 40.2 Å². The van der Waals surface area contributed by atoms with Crippen molar-refractivity contribution in [1.82, 2.24) is 9.97 Å². The molecular formula is C16H7F5N2O. The van der Waals surface area contributed by atoms with Crippen molar-refractivity contribution in [2.45, 2.75) is 0 Å². The molecule has 1 aromatic heterocycles. The first-order valence-corrected chi connectivity index (χ1v) is 6.58. The number of nitrogens with one attached hydrogen (secondary N) is 1. The van der Waals surface area contributed by atoms with Crippen LogP contribution in [-0.4, -0.2) is 9.97 Å². The van der Waals surface area contributed by atoms with E-state index in [1.165, 1.54) is 6.07 Å². The van der Waals surface area contributed by atoms with Gasteiger partial charge in [-0.15, -0.1) is 0 Å². The summed E-state index contributed by atoms with van der Waals surface area (Å²) in [5.41, 5.74) is -1.31. The third-order valence-corrected chi connectivity index (χ3v) is 3.28. The van der Waals surface area contributed by atoms with E-state index in [1.54, 1.807) is 18.2 Å². The number of aromatic amines is 1. The average molecular weight is 338 g/mol. The number of benzene rings is 2. The molecule has 3 aromatic rings. The summed E-state index contributed by atoms with van der Waals surface area (Å²) in [7, 11) is 0. The Morgan fingerprint density at radius 2 is 1.42 bits per heavy atom. The number of halogens is 5. The van der Waals surface area contributed by atoms with Gasteiger partial charge in [-0.2, -0.15) is 0 Å². The van der Waals surface area contributed by atoms with Gasteiger partial charge in [-0.25, -0.2) is 26.9 Å². The second-order valence-corrected chi connectivity index (χ2v) is 4.79. The normalized spacial score (nSPS) is 11.5. The van der Waals surface area contributed by atoms with Gasteiger partial charge in [0.05, 0.1) is 16.5 Å². The van der Waals surface area contributed by atoms with Crippen LogP contribution >= 0.6 is 0 Å². The minimum Gasteiger partial charge on any atom is -0.306 e. The smallest absolute Gasteiger partial charge is 0.259 e. The van der Waals surface area contributed by atoms with Crippen LogP contribution in [0.5, 0.6) is 0 Å². The molecular weight excluding hydrogens is 331 g/mol. The van der Waals surface area contributed by atoms with Crippen molar-refractivity contribution < 1.29 is 22.0 Å². The largest absolute Gasteiger partial charge is 0.306 e. The maximum absolute atomic E-state index is 13.6. The number of hydrogen-bond donors (Lipinski definition) is 1. The van der Waals surface area contributed by atoms with Gasteiger partial charge in [0, 0.05) is 0 Å². The highest BCUT2D eigenvalue weighted by atomic mass is 19.2. The molecule has 8 heteroatoms. The molecule has 3 rings (SSSR count). The van der Waals surface area contributed by atoms with Gasteiger partial charge < -0.3 is 4.98 Å². The summed E-state index contributed by atoms with van der Waals surface area (Å²) in [4.78, 5) is 18.2. The van der Waals surface area contributed by atoms with Crippen molar-refractivity contribution in [3.8, 4) is 0 Å². The van der Waals surface area contributed by atoms with Crippen LogP contribution in [0.4, 0.5) is 22.0 Å². The van der Waals surface area contributed by atoms with Crippen LogP contribution in [0, 0.1) is 29.1 Å². The second-order valence-electron chi connectivity index (χ2n) is 4.79. The lowest BCUT2D eigenvalue weighted by Gasteiger charge is -2.04. The number of H-pyrrole nitrogens is 1. The van der Waals surface area contributed by atoms with Gasteiger partial charge in [0.15, 0.2) is 23.3 Å². The van der Waals surface area contributed by atoms with E-state index in [2.05, 4.69) is 9.97 Å². The first kappa shape index (κ1) is 15.9. The summed E-state index contributed by atoms with van der Waals surface area (Å²) < 4.78 is 66.4. The minimum absolute atomic E-state index is 0.0948. The molecule has 3 nitrogen and oxygen atoms in total. The highest BCUT2D eigenvalue weighted by Crippen LogP contribution is 2.24. The number of nitrogens with zero attached hydrogens (tertiary/aromatic N) is 1. The van der Waals surface area contributed by atoms with Crippen LogP contribution < -0.4 is 5.56 Å². The fourth-order valence-electron chi connectivity index (χ4n) is 2.11. The van der Waals surface area contributed by atoms with Crippen molar-refractivity contribution in [1.29, 1.82) is 0 Å². The summed E-state index contributed by atoms with van der Waals surface area (Å²) in [6.07, 6.45) is 1.61. The molecule has 0 radical (unpaired) electrons. The SMILES string of the molecule is O=c1[nH]c(/C=C/c2c(F)c(F)c(F)c(F)c2F)nc2ccccc12. The summed E-state index contributed by atoms with van der Waals surface area (Å²) in [6.45, 7) is 0. The fourth-order valence-corrected chi connectivity index (χ4v) is 2.11. The second kappa shape index (κ2) is 5.88. The first-order valence-electron chi connectivity index (χ1n) is 6.58. The van der Waals surface area contributed by atoms with Crippen molar-refractivity contribution in [3.05, 3.63) is 75.1 Å². The molecule has 0 aliphatic rings. The van der Waals surface area contributed by atoms with Crippen LogP contribution in [0.3, 0.4) is 0 Å². The monoisotopic (exact) mass is 338 g/mol. The molecule has 24 heavy (non-hydrogen) atoms. The topological polar surface area (TPSA) is 45.8 Å². The van der Waals surface area contributed by atoms with Crippen LogP contribution in [0.25, 0.3) is 23.1 Å². The molecule has 0 fully saturated rings. The highest BCUT2D eigenvalue weighted by Gasteiger charge is 2.24. The Kier molecular flexibility index (Phi) is 3.88. The Balaban J connectivity index is 2.11. The minimum atomic E-state index is -2.24. The van der Waals surface area contributed by atoms with Gasteiger partial charge in [0.25, 0.3) is 5.56 Å². The number of aromatic nitrogens is 2. The average Bonchev–Trinajstić information content (AvgIpc) is 2.58. The maximum atomic E-state index is 13.6. The Bertz CT molecular complexity index is 1010.